The smallest absolute Gasteiger partial charge is 0.335 e. The van der Waals surface area contributed by atoms with Crippen LogP contribution >= 0.6 is 11.6 Å². The van der Waals surface area contributed by atoms with Crippen molar-refractivity contribution >= 4 is 58.8 Å². The lowest BCUT2D eigenvalue weighted by molar-refractivity contribution is -0.143. The van der Waals surface area contributed by atoms with Gasteiger partial charge in [0.05, 0.1) is 29.9 Å². The van der Waals surface area contributed by atoms with Crippen LogP contribution in [0.15, 0.2) is 48.5 Å². The Morgan fingerprint density at radius 3 is 2.22 bits per heavy atom. The lowest BCUT2D eigenvalue weighted by atomic mass is 9.83. The number of nitrogens with two attached hydrogens (primary N) is 1. The summed E-state index contributed by atoms with van der Waals surface area (Å²) in [7, 11) is 0. The van der Waals surface area contributed by atoms with Crippen molar-refractivity contribution in [2.45, 2.75) is 115 Å². The maximum absolute atomic E-state index is 14.6. The molecule has 2 fully saturated rings. The van der Waals surface area contributed by atoms with Gasteiger partial charge in [0, 0.05) is 23.6 Å². The van der Waals surface area contributed by atoms with E-state index in [4.69, 9.17) is 22.1 Å². The summed E-state index contributed by atoms with van der Waals surface area (Å²) in [6.07, 6.45) is 3.82. The lowest BCUT2D eigenvalue weighted by Gasteiger charge is -2.35. The Balaban J connectivity index is 1.51. The number of halogens is 1. The lowest BCUT2D eigenvalue weighted by Crippen LogP contribution is -2.58. The molecule has 5 atom stereocenters. The fourth-order valence-electron chi connectivity index (χ4n) is 7.37. The van der Waals surface area contributed by atoms with Gasteiger partial charge in [0.25, 0.3) is 11.8 Å². The number of amides is 6. The second-order valence-electron chi connectivity index (χ2n) is 15.7. The van der Waals surface area contributed by atoms with E-state index in [2.05, 4.69) is 21.3 Å². The number of ketones is 1. The van der Waals surface area contributed by atoms with Gasteiger partial charge >= 0.3 is 5.97 Å². The number of carbonyl (C=O) groups excluding carboxylic acids is 7. The summed E-state index contributed by atoms with van der Waals surface area (Å²) in [4.78, 5) is 107. The van der Waals surface area contributed by atoms with E-state index < -0.39 is 89.6 Å². The number of hydrogen-bond donors (Lipinski definition) is 6. The van der Waals surface area contributed by atoms with Crippen LogP contribution in [0.4, 0.5) is 0 Å². The Bertz CT molecular complexity index is 1880. The first-order chi connectivity index (χ1) is 27.4. The number of hydrogen-bond acceptors (Lipinski definition) is 9. The summed E-state index contributed by atoms with van der Waals surface area (Å²) in [5.41, 5.74) is 5.11. The summed E-state index contributed by atoms with van der Waals surface area (Å²) in [5.74, 6) is -7.24. The molecule has 1 saturated heterocycles. The third kappa shape index (κ3) is 12.6. The molecule has 2 aromatic carbocycles. The number of primary amides is 1. The first-order valence-electron chi connectivity index (χ1n) is 19.5. The van der Waals surface area contributed by atoms with Crippen molar-refractivity contribution in [2.24, 2.45) is 11.7 Å². The van der Waals surface area contributed by atoms with Crippen LogP contribution in [0, 0.1) is 5.92 Å². The van der Waals surface area contributed by atoms with Crippen LogP contribution in [-0.4, -0.2) is 100 Å². The topological polar surface area (TPSA) is 243 Å². The molecule has 16 nitrogen and oxygen atoms in total. The van der Waals surface area contributed by atoms with Crippen molar-refractivity contribution in [3.63, 3.8) is 0 Å². The molecule has 0 spiro atoms. The van der Waals surface area contributed by atoms with Crippen LogP contribution in [-0.2, 0) is 33.5 Å². The number of rotatable bonds is 17. The number of carboxylic acid groups (broad SMARTS) is 1. The van der Waals surface area contributed by atoms with E-state index in [1.165, 1.54) is 41.3 Å². The van der Waals surface area contributed by atoms with Crippen LogP contribution in [0.2, 0.25) is 5.02 Å². The Morgan fingerprint density at radius 1 is 0.931 bits per heavy atom. The summed E-state index contributed by atoms with van der Waals surface area (Å²) >= 11 is 6.01. The van der Waals surface area contributed by atoms with Gasteiger partial charge in [-0.3, -0.25) is 33.6 Å². The first-order valence-corrected chi connectivity index (χ1v) is 19.8. The number of nitrogens with one attached hydrogen (secondary N) is 4. The van der Waals surface area contributed by atoms with Gasteiger partial charge < -0.3 is 41.7 Å². The Hall–Kier alpha value is -5.35. The van der Waals surface area contributed by atoms with Crippen molar-refractivity contribution < 1.29 is 48.2 Å². The van der Waals surface area contributed by atoms with E-state index in [-0.39, 0.29) is 36.4 Å². The number of ether oxygens (including phenoxy) is 1. The minimum Gasteiger partial charge on any atom is -0.478 e. The monoisotopic (exact) mass is 824 g/mol. The zero-order chi connectivity index (χ0) is 42.7. The maximum Gasteiger partial charge on any atom is 0.335 e. The molecule has 4 rings (SSSR count). The Labute approximate surface area is 342 Å². The molecule has 5 unspecified atom stereocenters. The SMILES string of the molecule is CCCC(NC(=O)C1CC(OC(C)(C)C)CN1C(=O)C(NC(=O)c1cccc(C(=O)O)c1)C1CCCCC1)C(=O)C(=O)NCC(=O)NC(C(N)=O)c1cccc(Cl)c1. The van der Waals surface area contributed by atoms with Gasteiger partial charge in [-0.05, 0) is 81.8 Å². The van der Waals surface area contributed by atoms with E-state index in [1.54, 1.807) is 19.1 Å². The molecular formula is C41H53ClN6O10. The highest BCUT2D eigenvalue weighted by Crippen LogP contribution is 2.31. The molecule has 1 aliphatic heterocycles. The number of likely N-dealkylation sites (tertiary alicyclic amines) is 1. The molecule has 2 aliphatic rings. The standard InChI is InChI=1S/C41H53ClN6O10/c1-5-11-29(34(50)38(54)44-21-31(49)46-32(35(43)51)24-14-10-17-27(42)19-24)45-37(53)30-20-28(58-41(2,3)4)22-48(30)39(55)33(23-12-7-6-8-13-23)47-36(52)25-15-9-16-26(18-25)40(56)57/h9-10,14-19,23,28-30,32-33H,5-8,11-13,20-22H2,1-4H3,(H2,43,51)(H,44,54)(H,45,53)(H,46,49)(H,47,52)(H,56,57). The molecule has 17 heteroatoms. The summed E-state index contributed by atoms with van der Waals surface area (Å²) in [6, 6.07) is 6.83. The van der Waals surface area contributed by atoms with Crippen LogP contribution in [0.1, 0.15) is 111 Å². The van der Waals surface area contributed by atoms with Gasteiger partial charge in [0.15, 0.2) is 0 Å². The van der Waals surface area contributed by atoms with E-state index in [0.717, 1.165) is 19.3 Å². The van der Waals surface area contributed by atoms with Crippen molar-refractivity contribution in [3.8, 4) is 0 Å². The van der Waals surface area contributed by atoms with Crippen LogP contribution < -0.4 is 27.0 Å². The minimum atomic E-state index is -1.32. The third-order valence-electron chi connectivity index (χ3n) is 10.0. The van der Waals surface area contributed by atoms with Crippen molar-refractivity contribution in [2.75, 3.05) is 13.1 Å². The second-order valence-corrected chi connectivity index (χ2v) is 16.1. The highest BCUT2D eigenvalue weighted by Gasteiger charge is 2.46. The van der Waals surface area contributed by atoms with E-state index in [1.807, 2.05) is 20.8 Å². The molecule has 7 N–H and O–H groups in total. The molecule has 0 bridgehead atoms. The molecule has 6 amide bonds. The molecule has 1 saturated carbocycles. The maximum atomic E-state index is 14.6. The Morgan fingerprint density at radius 2 is 1.60 bits per heavy atom. The predicted molar refractivity (Wildman–Crippen MR) is 212 cm³/mol. The van der Waals surface area contributed by atoms with Crippen molar-refractivity contribution in [1.82, 2.24) is 26.2 Å². The fourth-order valence-corrected chi connectivity index (χ4v) is 7.57. The molecule has 1 heterocycles. The van der Waals surface area contributed by atoms with Crippen LogP contribution in [0.5, 0.6) is 0 Å². The number of Topliss-reactive ketones (excluding diaryl/α,β-unsaturated/α-hetero) is 1. The Kier molecular flexibility index (Phi) is 15.9. The predicted octanol–water partition coefficient (Wildman–Crippen LogP) is 2.81. The molecule has 0 radical (unpaired) electrons. The van der Waals surface area contributed by atoms with Gasteiger partial charge in [-0.25, -0.2) is 4.79 Å². The average Bonchev–Trinajstić information content (AvgIpc) is 3.60. The molecular weight excluding hydrogens is 772 g/mol. The molecule has 1 aliphatic carbocycles. The van der Waals surface area contributed by atoms with Crippen molar-refractivity contribution in [3.05, 3.63) is 70.2 Å². The normalized spacial score (nSPS) is 18.6. The third-order valence-corrected chi connectivity index (χ3v) is 10.3. The minimum absolute atomic E-state index is 0.00521. The molecule has 314 valence electrons. The van der Waals surface area contributed by atoms with Gasteiger partial charge in [0.1, 0.15) is 18.1 Å². The van der Waals surface area contributed by atoms with E-state index in [9.17, 15) is 43.5 Å². The number of carboxylic acids is 1. The number of carbonyl (C=O) groups is 8. The van der Waals surface area contributed by atoms with Gasteiger partial charge in [-0.2, -0.15) is 0 Å². The zero-order valence-electron chi connectivity index (χ0n) is 33.2. The number of nitrogens with zero attached hydrogens (tertiary/aromatic N) is 1. The van der Waals surface area contributed by atoms with Crippen molar-refractivity contribution in [1.29, 1.82) is 0 Å². The van der Waals surface area contributed by atoms with Gasteiger partial charge in [-0.1, -0.05) is 62.4 Å². The first kappa shape index (κ1) is 45.4. The molecule has 0 aromatic heterocycles. The van der Waals surface area contributed by atoms with E-state index >= 15 is 0 Å². The largest absolute Gasteiger partial charge is 0.478 e. The summed E-state index contributed by atoms with van der Waals surface area (Å²) in [5, 5.41) is 19.9. The highest BCUT2D eigenvalue weighted by molar-refractivity contribution is 6.38. The average molecular weight is 825 g/mol. The number of benzene rings is 2. The summed E-state index contributed by atoms with van der Waals surface area (Å²) < 4.78 is 6.22. The van der Waals surface area contributed by atoms with Gasteiger partial charge in [-0.15, -0.1) is 0 Å². The van der Waals surface area contributed by atoms with Gasteiger partial charge in [0.2, 0.25) is 29.4 Å². The molecule has 58 heavy (non-hydrogen) atoms. The molecule has 2 aromatic rings. The van der Waals surface area contributed by atoms with E-state index in [0.29, 0.717) is 29.8 Å². The summed E-state index contributed by atoms with van der Waals surface area (Å²) in [6.45, 7) is 6.58. The second kappa shape index (κ2) is 20.4. The number of aromatic carboxylic acids is 1. The quantitative estimate of drug-likeness (QED) is 0.127. The van der Waals surface area contributed by atoms with Crippen LogP contribution in [0.25, 0.3) is 0 Å². The highest BCUT2D eigenvalue weighted by atomic mass is 35.5. The zero-order valence-corrected chi connectivity index (χ0v) is 33.9. The van der Waals surface area contributed by atoms with Crippen LogP contribution in [0.3, 0.4) is 0 Å². The fraction of sp³-hybridized carbons (Fsp3) is 0.512.